The van der Waals surface area contributed by atoms with Gasteiger partial charge in [0.05, 0.1) is 19.2 Å². The van der Waals surface area contributed by atoms with Crippen molar-refractivity contribution in [2.45, 2.75) is 26.3 Å². The maximum atomic E-state index is 12.8. The van der Waals surface area contributed by atoms with Crippen molar-refractivity contribution in [2.75, 3.05) is 12.4 Å². The Labute approximate surface area is 171 Å². The predicted molar refractivity (Wildman–Crippen MR) is 116 cm³/mol. The van der Waals surface area contributed by atoms with Crippen LogP contribution in [0, 0.1) is 5.92 Å². The average molecular weight is 390 g/mol. The van der Waals surface area contributed by atoms with Crippen molar-refractivity contribution < 1.29 is 14.3 Å². The van der Waals surface area contributed by atoms with Gasteiger partial charge >= 0.3 is 0 Å². The lowest BCUT2D eigenvalue weighted by Gasteiger charge is -2.22. The number of fused-ring (bicyclic) bond motifs is 1. The van der Waals surface area contributed by atoms with Crippen molar-refractivity contribution in [1.29, 1.82) is 0 Å². The summed E-state index contributed by atoms with van der Waals surface area (Å²) in [6.07, 6.45) is 0.215. The highest BCUT2D eigenvalue weighted by molar-refractivity contribution is 5.99. The molecule has 2 N–H and O–H groups in total. The Bertz CT molecular complexity index is 1010. The zero-order valence-corrected chi connectivity index (χ0v) is 16.9. The smallest absolute Gasteiger partial charge is 0.247 e. The molecule has 0 saturated carbocycles. The number of hydrogen-bond acceptors (Lipinski definition) is 3. The van der Waals surface area contributed by atoms with Gasteiger partial charge in [-0.1, -0.05) is 68.4 Å². The molecular formula is C24H26N2O3. The van der Waals surface area contributed by atoms with Gasteiger partial charge in [0, 0.05) is 0 Å². The highest BCUT2D eigenvalue weighted by Crippen LogP contribution is 2.24. The van der Waals surface area contributed by atoms with Gasteiger partial charge < -0.3 is 15.4 Å². The van der Waals surface area contributed by atoms with E-state index in [0.717, 1.165) is 16.3 Å². The van der Waals surface area contributed by atoms with Crippen molar-refractivity contribution >= 4 is 28.3 Å². The monoisotopic (exact) mass is 390 g/mol. The van der Waals surface area contributed by atoms with E-state index < -0.39 is 6.04 Å². The SMILES string of the molecule is COc1ccccc1NC(=O)[C@@H](NC(=O)Cc1cccc2ccccc12)C(C)C. The Balaban J connectivity index is 1.72. The van der Waals surface area contributed by atoms with Crippen molar-refractivity contribution in [1.82, 2.24) is 5.32 Å². The molecule has 0 aromatic heterocycles. The van der Waals surface area contributed by atoms with E-state index in [2.05, 4.69) is 10.6 Å². The summed E-state index contributed by atoms with van der Waals surface area (Å²) in [6, 6.07) is 20.4. The number of anilines is 1. The standard InChI is InChI=1S/C24H26N2O3/c1-16(2)23(24(28)25-20-13-6-7-14-21(20)29-3)26-22(27)15-18-11-8-10-17-9-4-5-12-19(17)18/h4-14,16,23H,15H2,1-3H3,(H,25,28)(H,26,27)/t23-/m0/s1. The first-order chi connectivity index (χ1) is 14.0. The molecule has 0 bridgehead atoms. The van der Waals surface area contributed by atoms with E-state index >= 15 is 0 Å². The molecule has 0 heterocycles. The molecule has 3 aromatic rings. The largest absolute Gasteiger partial charge is 0.495 e. The van der Waals surface area contributed by atoms with E-state index in [9.17, 15) is 9.59 Å². The van der Waals surface area contributed by atoms with E-state index in [1.807, 2.05) is 68.4 Å². The van der Waals surface area contributed by atoms with Crippen molar-refractivity contribution in [3.05, 3.63) is 72.3 Å². The van der Waals surface area contributed by atoms with E-state index in [1.54, 1.807) is 19.2 Å². The Morgan fingerprint density at radius 2 is 1.62 bits per heavy atom. The van der Waals surface area contributed by atoms with Crippen LogP contribution in [0.15, 0.2) is 66.7 Å². The summed E-state index contributed by atoms with van der Waals surface area (Å²) >= 11 is 0. The second-order valence-corrected chi connectivity index (χ2v) is 7.29. The van der Waals surface area contributed by atoms with Crippen LogP contribution in [0.5, 0.6) is 5.75 Å². The van der Waals surface area contributed by atoms with Crippen LogP contribution in [0.4, 0.5) is 5.69 Å². The number of carbonyl (C=O) groups excluding carboxylic acids is 2. The Morgan fingerprint density at radius 1 is 0.931 bits per heavy atom. The third-order valence-electron chi connectivity index (χ3n) is 4.86. The summed E-state index contributed by atoms with van der Waals surface area (Å²) in [5.41, 5.74) is 1.52. The Kier molecular flexibility index (Phi) is 6.50. The molecule has 0 radical (unpaired) electrons. The molecule has 5 nitrogen and oxygen atoms in total. The Morgan fingerprint density at radius 3 is 2.38 bits per heavy atom. The van der Waals surface area contributed by atoms with Crippen LogP contribution < -0.4 is 15.4 Å². The molecule has 2 amide bonds. The van der Waals surface area contributed by atoms with Gasteiger partial charge in [0.25, 0.3) is 0 Å². The maximum absolute atomic E-state index is 12.8. The van der Waals surface area contributed by atoms with Crippen LogP contribution in [-0.4, -0.2) is 25.0 Å². The number of methoxy groups -OCH3 is 1. The van der Waals surface area contributed by atoms with Gasteiger partial charge in [-0.2, -0.15) is 0 Å². The summed E-state index contributed by atoms with van der Waals surface area (Å²) in [5, 5.41) is 7.89. The van der Waals surface area contributed by atoms with E-state index in [-0.39, 0.29) is 24.2 Å². The van der Waals surface area contributed by atoms with Crippen LogP contribution in [0.25, 0.3) is 10.8 Å². The molecule has 0 aliphatic carbocycles. The minimum absolute atomic E-state index is 0.0684. The molecule has 0 saturated heterocycles. The van der Waals surface area contributed by atoms with Gasteiger partial charge in [0.15, 0.2) is 0 Å². The third kappa shape index (κ3) is 4.93. The van der Waals surface area contributed by atoms with Crippen LogP contribution in [-0.2, 0) is 16.0 Å². The summed E-state index contributed by atoms with van der Waals surface area (Å²) in [6.45, 7) is 3.81. The van der Waals surface area contributed by atoms with Crippen molar-refractivity contribution in [2.24, 2.45) is 5.92 Å². The molecule has 0 aliphatic rings. The molecule has 0 aliphatic heterocycles. The number of benzene rings is 3. The summed E-state index contributed by atoms with van der Waals surface area (Å²) in [5.74, 6) is 0.0533. The Hall–Kier alpha value is -3.34. The van der Waals surface area contributed by atoms with Crippen molar-refractivity contribution in [3.63, 3.8) is 0 Å². The molecular weight excluding hydrogens is 364 g/mol. The molecule has 5 heteroatoms. The minimum Gasteiger partial charge on any atom is -0.495 e. The lowest BCUT2D eigenvalue weighted by atomic mass is 10.00. The number of hydrogen-bond donors (Lipinski definition) is 2. The predicted octanol–water partition coefficient (Wildman–Crippen LogP) is 4.17. The fourth-order valence-electron chi connectivity index (χ4n) is 3.34. The second-order valence-electron chi connectivity index (χ2n) is 7.29. The quantitative estimate of drug-likeness (QED) is 0.636. The summed E-state index contributed by atoms with van der Waals surface area (Å²) in [4.78, 5) is 25.6. The number of para-hydroxylation sites is 2. The molecule has 1 atom stereocenters. The first-order valence-corrected chi connectivity index (χ1v) is 9.69. The molecule has 0 fully saturated rings. The second kappa shape index (κ2) is 9.24. The first kappa shape index (κ1) is 20.4. The highest BCUT2D eigenvalue weighted by atomic mass is 16.5. The van der Waals surface area contributed by atoms with E-state index in [1.165, 1.54) is 0 Å². The highest BCUT2D eigenvalue weighted by Gasteiger charge is 2.25. The molecule has 29 heavy (non-hydrogen) atoms. The molecule has 3 aromatic carbocycles. The number of amides is 2. The lowest BCUT2D eigenvalue weighted by molar-refractivity contribution is -0.127. The number of ether oxygens (including phenoxy) is 1. The van der Waals surface area contributed by atoms with E-state index in [4.69, 9.17) is 4.74 Å². The number of nitrogens with one attached hydrogen (secondary N) is 2. The van der Waals surface area contributed by atoms with Crippen LogP contribution in [0.1, 0.15) is 19.4 Å². The zero-order valence-electron chi connectivity index (χ0n) is 16.9. The van der Waals surface area contributed by atoms with Gasteiger partial charge in [-0.05, 0) is 34.4 Å². The molecule has 150 valence electrons. The van der Waals surface area contributed by atoms with Crippen molar-refractivity contribution in [3.8, 4) is 5.75 Å². The van der Waals surface area contributed by atoms with Gasteiger partial charge in [-0.15, -0.1) is 0 Å². The summed E-state index contributed by atoms with van der Waals surface area (Å²) < 4.78 is 5.29. The molecule has 3 rings (SSSR count). The molecule has 0 spiro atoms. The molecule has 0 unspecified atom stereocenters. The number of rotatable bonds is 7. The van der Waals surface area contributed by atoms with Crippen LogP contribution in [0.3, 0.4) is 0 Å². The van der Waals surface area contributed by atoms with Crippen LogP contribution >= 0.6 is 0 Å². The minimum atomic E-state index is -0.651. The summed E-state index contributed by atoms with van der Waals surface area (Å²) in [7, 11) is 1.55. The van der Waals surface area contributed by atoms with Gasteiger partial charge in [-0.3, -0.25) is 9.59 Å². The van der Waals surface area contributed by atoms with Gasteiger partial charge in [-0.25, -0.2) is 0 Å². The average Bonchev–Trinajstić information content (AvgIpc) is 2.72. The topological polar surface area (TPSA) is 67.4 Å². The fraction of sp³-hybridized carbons (Fsp3) is 0.250. The first-order valence-electron chi connectivity index (χ1n) is 9.69. The fourth-order valence-corrected chi connectivity index (χ4v) is 3.34. The van der Waals surface area contributed by atoms with Gasteiger partial charge in [0.1, 0.15) is 11.8 Å². The normalized spacial score (nSPS) is 11.9. The maximum Gasteiger partial charge on any atom is 0.247 e. The van der Waals surface area contributed by atoms with Crippen LogP contribution in [0.2, 0.25) is 0 Å². The third-order valence-corrected chi connectivity index (χ3v) is 4.86. The van der Waals surface area contributed by atoms with E-state index in [0.29, 0.717) is 11.4 Å². The lowest BCUT2D eigenvalue weighted by Crippen LogP contribution is -2.47. The van der Waals surface area contributed by atoms with Gasteiger partial charge in [0.2, 0.25) is 11.8 Å². The number of carbonyl (C=O) groups is 2. The zero-order chi connectivity index (χ0) is 20.8.